The van der Waals surface area contributed by atoms with Gasteiger partial charge in [0.15, 0.2) is 5.78 Å². The fourth-order valence-corrected chi connectivity index (χ4v) is 2.34. The van der Waals surface area contributed by atoms with Crippen LogP contribution in [0.3, 0.4) is 0 Å². The van der Waals surface area contributed by atoms with Crippen molar-refractivity contribution < 1.29 is 4.79 Å². The Morgan fingerprint density at radius 3 is 2.84 bits per heavy atom. The van der Waals surface area contributed by atoms with Crippen LogP contribution in [0.2, 0.25) is 0 Å². The number of nitrogens with one attached hydrogen (secondary N) is 1. The maximum absolute atomic E-state index is 12.5. The summed E-state index contributed by atoms with van der Waals surface area (Å²) in [5.74, 6) is 0.321. The first-order valence-corrected chi connectivity index (χ1v) is 6.94. The number of carbonyl (C=O) groups is 1. The van der Waals surface area contributed by atoms with E-state index in [0.717, 1.165) is 41.3 Å². The third-order valence-corrected chi connectivity index (χ3v) is 3.71. The van der Waals surface area contributed by atoms with Crippen molar-refractivity contribution in [1.29, 1.82) is 0 Å². The van der Waals surface area contributed by atoms with Gasteiger partial charge in [-0.05, 0) is 24.0 Å². The van der Waals surface area contributed by atoms with Crippen LogP contribution in [0.1, 0.15) is 43.5 Å². The second-order valence-electron chi connectivity index (χ2n) is 5.15. The summed E-state index contributed by atoms with van der Waals surface area (Å²) in [5.41, 5.74) is 2.46. The zero-order valence-electron chi connectivity index (χ0n) is 11.7. The molecular weight excluding hydrogens is 234 g/mol. The maximum atomic E-state index is 12.5. The van der Waals surface area contributed by atoms with Crippen molar-refractivity contribution in [2.75, 3.05) is 0 Å². The maximum Gasteiger partial charge on any atom is 0.190 e. The van der Waals surface area contributed by atoms with Gasteiger partial charge in [-0.1, -0.05) is 51.5 Å². The van der Waals surface area contributed by atoms with E-state index in [1.54, 1.807) is 6.20 Å². The smallest absolute Gasteiger partial charge is 0.190 e. The van der Waals surface area contributed by atoms with Gasteiger partial charge in [-0.2, -0.15) is 0 Å². The zero-order valence-corrected chi connectivity index (χ0v) is 11.7. The molecule has 0 saturated heterocycles. The van der Waals surface area contributed by atoms with Crippen LogP contribution >= 0.6 is 0 Å². The number of para-hydroxylation sites is 1. The molecule has 0 aliphatic heterocycles. The fourth-order valence-electron chi connectivity index (χ4n) is 2.34. The normalized spacial score (nSPS) is 12.5. The topological polar surface area (TPSA) is 32.9 Å². The molecule has 2 heteroatoms. The molecule has 1 N–H and O–H groups in total. The molecule has 19 heavy (non-hydrogen) atoms. The van der Waals surface area contributed by atoms with Crippen LogP contribution in [0.25, 0.3) is 10.9 Å². The molecule has 2 aromatic rings. The highest BCUT2D eigenvalue weighted by Gasteiger charge is 2.18. The molecule has 0 aliphatic rings. The number of carbonyl (C=O) groups excluding carboxylic acids is 1. The Bertz CT molecular complexity index is 594. The number of rotatable bonds is 6. The summed E-state index contributed by atoms with van der Waals surface area (Å²) < 4.78 is 0. The third-order valence-electron chi connectivity index (χ3n) is 3.71. The number of unbranched alkanes of at least 4 members (excludes halogenated alkanes) is 1. The van der Waals surface area contributed by atoms with E-state index < -0.39 is 0 Å². The van der Waals surface area contributed by atoms with Gasteiger partial charge in [0.25, 0.3) is 0 Å². The van der Waals surface area contributed by atoms with Crippen LogP contribution in [0.5, 0.6) is 0 Å². The van der Waals surface area contributed by atoms with Gasteiger partial charge >= 0.3 is 0 Å². The molecule has 0 aliphatic carbocycles. The number of hydrogen-bond acceptors (Lipinski definition) is 1. The lowest BCUT2D eigenvalue weighted by Gasteiger charge is -2.12. The van der Waals surface area contributed by atoms with Crippen molar-refractivity contribution in [3.05, 3.63) is 48.2 Å². The number of aromatic amines is 1. The van der Waals surface area contributed by atoms with E-state index in [4.69, 9.17) is 0 Å². The monoisotopic (exact) mass is 255 g/mol. The molecule has 1 atom stereocenters. The minimum absolute atomic E-state index is 0.0704. The number of aromatic nitrogens is 1. The van der Waals surface area contributed by atoms with E-state index in [1.807, 2.05) is 24.3 Å². The third kappa shape index (κ3) is 2.78. The first-order chi connectivity index (χ1) is 9.15. The Balaban J connectivity index is 2.22. The van der Waals surface area contributed by atoms with Gasteiger partial charge in [0.05, 0.1) is 0 Å². The summed E-state index contributed by atoms with van der Waals surface area (Å²) in [7, 11) is 0. The lowest BCUT2D eigenvalue weighted by atomic mass is 9.90. The molecule has 100 valence electrons. The van der Waals surface area contributed by atoms with E-state index in [2.05, 4.69) is 25.4 Å². The number of hydrogen-bond donors (Lipinski definition) is 1. The molecule has 2 rings (SSSR count). The van der Waals surface area contributed by atoms with Gasteiger partial charge < -0.3 is 4.98 Å². The molecule has 1 unspecified atom stereocenters. The van der Waals surface area contributed by atoms with E-state index in [9.17, 15) is 4.79 Å². The number of ketones is 1. The summed E-state index contributed by atoms with van der Waals surface area (Å²) in [4.78, 5) is 15.6. The highest BCUT2D eigenvalue weighted by atomic mass is 16.1. The fraction of sp³-hybridized carbons (Fsp3) is 0.353. The van der Waals surface area contributed by atoms with Gasteiger partial charge in [0.2, 0.25) is 0 Å². The number of allylic oxidation sites excluding steroid dienone is 1. The van der Waals surface area contributed by atoms with E-state index in [0.29, 0.717) is 0 Å². The lowest BCUT2D eigenvalue weighted by Crippen LogP contribution is -2.09. The Hall–Kier alpha value is -1.83. The van der Waals surface area contributed by atoms with Gasteiger partial charge in [0, 0.05) is 22.7 Å². The zero-order chi connectivity index (χ0) is 13.8. The molecule has 1 aromatic heterocycles. The molecular formula is C17H21NO. The second kappa shape index (κ2) is 5.87. The largest absolute Gasteiger partial charge is 0.360 e. The second-order valence-corrected chi connectivity index (χ2v) is 5.15. The van der Waals surface area contributed by atoms with Gasteiger partial charge in [-0.15, -0.1) is 0 Å². The van der Waals surface area contributed by atoms with Crippen LogP contribution in [0.4, 0.5) is 0 Å². The molecule has 2 nitrogen and oxygen atoms in total. The number of Topliss-reactive ketones (excluding diaryl/α,β-unsaturated/α-hetero) is 1. The number of fused-ring (bicyclic) bond motifs is 1. The SMILES string of the molecule is C=C(C(=O)c1c[nH]c2ccccc12)C(C)CCCC. The first-order valence-electron chi connectivity index (χ1n) is 6.94. The Kier molecular flexibility index (Phi) is 4.20. The van der Waals surface area contributed by atoms with Crippen LogP contribution in [0.15, 0.2) is 42.6 Å². The van der Waals surface area contributed by atoms with Gasteiger partial charge in [-0.3, -0.25) is 4.79 Å². The summed E-state index contributed by atoms with van der Waals surface area (Å²) in [6.45, 7) is 8.26. The standard InChI is InChI=1S/C17H21NO/c1-4-5-8-12(2)13(3)17(19)15-11-18-16-10-7-6-9-14(15)16/h6-7,9-12,18H,3-5,8H2,1-2H3. The molecule has 0 fully saturated rings. The summed E-state index contributed by atoms with van der Waals surface area (Å²) >= 11 is 0. The minimum atomic E-state index is 0.0704. The molecule has 0 radical (unpaired) electrons. The lowest BCUT2D eigenvalue weighted by molar-refractivity contribution is 0.102. The van der Waals surface area contributed by atoms with Crippen molar-refractivity contribution in [3.63, 3.8) is 0 Å². The van der Waals surface area contributed by atoms with Gasteiger partial charge in [-0.25, -0.2) is 0 Å². The minimum Gasteiger partial charge on any atom is -0.360 e. The summed E-state index contributed by atoms with van der Waals surface area (Å²) in [6.07, 6.45) is 5.12. The Morgan fingerprint density at radius 2 is 2.11 bits per heavy atom. The van der Waals surface area contributed by atoms with Crippen LogP contribution in [-0.4, -0.2) is 10.8 Å². The first kappa shape index (κ1) is 13.6. The predicted molar refractivity (Wildman–Crippen MR) is 80.5 cm³/mol. The van der Waals surface area contributed by atoms with Crippen LogP contribution < -0.4 is 0 Å². The molecule has 0 bridgehead atoms. The van der Waals surface area contributed by atoms with Crippen LogP contribution in [0, 0.1) is 5.92 Å². The number of H-pyrrole nitrogens is 1. The molecule has 0 spiro atoms. The average molecular weight is 255 g/mol. The highest BCUT2D eigenvalue weighted by molar-refractivity contribution is 6.16. The van der Waals surface area contributed by atoms with Crippen molar-refractivity contribution in [2.24, 2.45) is 5.92 Å². The van der Waals surface area contributed by atoms with E-state index in [-0.39, 0.29) is 11.7 Å². The van der Waals surface area contributed by atoms with E-state index >= 15 is 0 Å². The van der Waals surface area contributed by atoms with Crippen molar-refractivity contribution in [1.82, 2.24) is 4.98 Å². The Labute approximate surface area is 114 Å². The highest BCUT2D eigenvalue weighted by Crippen LogP contribution is 2.25. The molecule has 0 saturated carbocycles. The molecule has 1 aromatic carbocycles. The van der Waals surface area contributed by atoms with Crippen molar-refractivity contribution >= 4 is 16.7 Å². The molecule has 1 heterocycles. The summed E-state index contributed by atoms with van der Waals surface area (Å²) in [6, 6.07) is 7.88. The molecule has 0 amide bonds. The quantitative estimate of drug-likeness (QED) is 0.587. The van der Waals surface area contributed by atoms with Crippen molar-refractivity contribution in [3.8, 4) is 0 Å². The van der Waals surface area contributed by atoms with Gasteiger partial charge in [0.1, 0.15) is 0 Å². The van der Waals surface area contributed by atoms with E-state index in [1.165, 1.54) is 0 Å². The average Bonchev–Trinajstić information content (AvgIpc) is 2.87. The van der Waals surface area contributed by atoms with Crippen molar-refractivity contribution in [2.45, 2.75) is 33.1 Å². The number of benzene rings is 1. The Morgan fingerprint density at radius 1 is 1.37 bits per heavy atom. The summed E-state index contributed by atoms with van der Waals surface area (Å²) in [5, 5.41) is 0.983. The predicted octanol–water partition coefficient (Wildman–Crippen LogP) is 4.73. The van der Waals surface area contributed by atoms with Crippen LogP contribution in [-0.2, 0) is 0 Å².